The summed E-state index contributed by atoms with van der Waals surface area (Å²) < 4.78 is 0. The van der Waals surface area contributed by atoms with Crippen molar-refractivity contribution in [1.82, 2.24) is 9.80 Å². The molecule has 5 aromatic rings. The fourth-order valence-electron chi connectivity index (χ4n) is 13.2. The molecule has 7 rings (SSSR count). The monoisotopic (exact) mass is 965 g/mol. The number of carbonyl (C=O) groups is 4. The van der Waals surface area contributed by atoms with E-state index >= 15 is 9.59 Å². The standard InChI is InChI=1S/C65H92N2O4/c1-7-13-19-21-23-29-35-48(36-30-24-22-20-14-8-2)67-64(70)55-43-39-51-49-37-41-53-60-54(42-38-50(58(49)60)52-40-44-56(65(67)71)61(55)59(51)52)63(69)66(62(53)68)45-57(46(31-25-15-9-3)32-26-16-10-4)47(33-27-17-11-5)34-28-18-12-6/h37-44,46-48,57H,7-36,45H2,1-6H3. The Morgan fingerprint density at radius 3 is 0.944 bits per heavy atom. The first-order valence-electron chi connectivity index (χ1n) is 29.7. The Morgan fingerprint density at radius 1 is 0.324 bits per heavy atom. The lowest BCUT2D eigenvalue weighted by atomic mass is 9.72. The van der Waals surface area contributed by atoms with Gasteiger partial charge in [0.1, 0.15) is 0 Å². The lowest BCUT2D eigenvalue weighted by Gasteiger charge is -2.39. The van der Waals surface area contributed by atoms with Crippen LogP contribution in [0.3, 0.4) is 0 Å². The zero-order valence-corrected chi connectivity index (χ0v) is 45.4. The molecule has 2 heterocycles. The molecule has 0 bridgehead atoms. The van der Waals surface area contributed by atoms with Gasteiger partial charge in [0.05, 0.1) is 0 Å². The average molecular weight is 965 g/mol. The van der Waals surface area contributed by atoms with Gasteiger partial charge >= 0.3 is 0 Å². The van der Waals surface area contributed by atoms with Gasteiger partial charge in [-0.25, -0.2) is 0 Å². The Kier molecular flexibility index (Phi) is 20.8. The molecule has 2 aliphatic heterocycles. The van der Waals surface area contributed by atoms with Crippen LogP contribution in [0.15, 0.2) is 48.5 Å². The predicted octanol–water partition coefficient (Wildman–Crippen LogP) is 19.0. The van der Waals surface area contributed by atoms with Crippen LogP contribution in [-0.2, 0) is 0 Å². The summed E-state index contributed by atoms with van der Waals surface area (Å²) in [6.07, 6.45) is 34.9. The van der Waals surface area contributed by atoms with Gasteiger partial charge in [0.2, 0.25) is 0 Å². The topological polar surface area (TPSA) is 74.8 Å². The molecule has 0 fully saturated rings. The van der Waals surface area contributed by atoms with Gasteiger partial charge in [0.15, 0.2) is 0 Å². The molecule has 0 spiro atoms. The van der Waals surface area contributed by atoms with E-state index in [2.05, 4.69) is 65.8 Å². The number of hydrogen-bond acceptors (Lipinski definition) is 4. The van der Waals surface area contributed by atoms with Gasteiger partial charge in [0.25, 0.3) is 23.6 Å². The van der Waals surface area contributed by atoms with Crippen LogP contribution in [0, 0.1) is 17.8 Å². The number of benzene rings is 5. The van der Waals surface area contributed by atoms with Crippen LogP contribution in [0.2, 0.25) is 0 Å². The lowest BCUT2D eigenvalue weighted by Crippen LogP contribution is -2.47. The van der Waals surface area contributed by atoms with Crippen molar-refractivity contribution in [1.29, 1.82) is 0 Å². The van der Waals surface area contributed by atoms with Gasteiger partial charge in [-0.1, -0.05) is 246 Å². The van der Waals surface area contributed by atoms with Gasteiger partial charge in [-0.2, -0.15) is 0 Å². The molecule has 0 aliphatic carbocycles. The van der Waals surface area contributed by atoms with Crippen LogP contribution in [0.1, 0.15) is 276 Å². The van der Waals surface area contributed by atoms with Gasteiger partial charge in [-0.15, -0.1) is 0 Å². The first-order valence-corrected chi connectivity index (χ1v) is 29.7. The number of hydrogen-bond donors (Lipinski definition) is 0. The fourth-order valence-corrected chi connectivity index (χ4v) is 13.2. The summed E-state index contributed by atoms with van der Waals surface area (Å²) in [6.45, 7) is 14.1. The molecular weight excluding hydrogens is 873 g/mol. The second kappa shape index (κ2) is 27.1. The molecule has 4 amide bonds. The number of amides is 4. The third-order valence-corrected chi connectivity index (χ3v) is 17.2. The van der Waals surface area contributed by atoms with Crippen LogP contribution in [0.25, 0.3) is 43.1 Å². The van der Waals surface area contributed by atoms with E-state index < -0.39 is 0 Å². The normalized spacial score (nSPS) is 14.1. The predicted molar refractivity (Wildman–Crippen MR) is 300 cm³/mol. The summed E-state index contributed by atoms with van der Waals surface area (Å²) in [5.41, 5.74) is 2.42. The summed E-state index contributed by atoms with van der Waals surface area (Å²) in [7, 11) is 0. The molecule has 0 aromatic heterocycles. The van der Waals surface area contributed by atoms with Crippen molar-refractivity contribution >= 4 is 66.7 Å². The molecule has 0 saturated carbocycles. The average Bonchev–Trinajstić information content (AvgIpc) is 3.38. The number of carbonyl (C=O) groups excluding carboxylic acids is 4. The lowest BCUT2D eigenvalue weighted by molar-refractivity contribution is 0.0494. The Bertz CT molecular complexity index is 2360. The van der Waals surface area contributed by atoms with Crippen molar-refractivity contribution < 1.29 is 19.2 Å². The molecule has 0 radical (unpaired) electrons. The summed E-state index contributed by atoms with van der Waals surface area (Å²) in [4.78, 5) is 63.4. The third kappa shape index (κ3) is 12.2. The minimum absolute atomic E-state index is 0.120. The van der Waals surface area contributed by atoms with Crippen molar-refractivity contribution in [3.8, 4) is 0 Å². The zero-order chi connectivity index (χ0) is 50.3. The van der Waals surface area contributed by atoms with E-state index in [0.717, 1.165) is 107 Å². The molecule has 0 N–H and O–H groups in total. The highest BCUT2D eigenvalue weighted by Crippen LogP contribution is 2.47. The maximum Gasteiger partial charge on any atom is 0.261 e. The molecule has 5 aromatic carbocycles. The van der Waals surface area contributed by atoms with E-state index in [0.29, 0.717) is 40.6 Å². The van der Waals surface area contributed by atoms with E-state index in [1.807, 2.05) is 24.3 Å². The Balaban J connectivity index is 1.25. The Labute approximate surface area is 429 Å². The summed E-state index contributed by atoms with van der Waals surface area (Å²) in [5, 5.41) is 7.15. The molecule has 0 atom stereocenters. The van der Waals surface area contributed by atoms with E-state index in [1.54, 1.807) is 9.80 Å². The fraction of sp³-hybridized carbons (Fsp3) is 0.631. The molecular formula is C65H92N2O4. The third-order valence-electron chi connectivity index (χ3n) is 17.2. The van der Waals surface area contributed by atoms with Gasteiger partial charge in [-0.05, 0) is 87.2 Å². The van der Waals surface area contributed by atoms with Gasteiger partial charge in [-0.3, -0.25) is 29.0 Å². The van der Waals surface area contributed by atoms with E-state index in [9.17, 15) is 9.59 Å². The van der Waals surface area contributed by atoms with Gasteiger partial charge in [0, 0.05) is 45.6 Å². The van der Waals surface area contributed by atoms with E-state index in [1.165, 1.54) is 128 Å². The molecule has 6 nitrogen and oxygen atoms in total. The highest BCUT2D eigenvalue weighted by Gasteiger charge is 2.41. The second-order valence-electron chi connectivity index (χ2n) is 22.3. The smallest absolute Gasteiger partial charge is 0.261 e. The molecule has 6 heteroatoms. The molecule has 0 unspecified atom stereocenters. The Hall–Kier alpha value is -4.32. The number of rotatable bonds is 35. The van der Waals surface area contributed by atoms with E-state index in [4.69, 9.17) is 0 Å². The van der Waals surface area contributed by atoms with Crippen molar-refractivity contribution in [2.24, 2.45) is 17.8 Å². The highest BCUT2D eigenvalue weighted by atomic mass is 16.2. The highest BCUT2D eigenvalue weighted by molar-refractivity contribution is 6.41. The van der Waals surface area contributed by atoms with Crippen molar-refractivity contribution in [2.75, 3.05) is 6.54 Å². The summed E-state index contributed by atoms with van der Waals surface area (Å²) >= 11 is 0. The quantitative estimate of drug-likeness (QED) is 0.0175. The maximum absolute atomic E-state index is 15.2. The van der Waals surface area contributed by atoms with Crippen molar-refractivity contribution in [2.45, 2.75) is 240 Å². The largest absolute Gasteiger partial charge is 0.274 e. The summed E-state index contributed by atoms with van der Waals surface area (Å²) in [5.74, 6) is 0.561. The maximum atomic E-state index is 15.2. The van der Waals surface area contributed by atoms with Crippen LogP contribution in [0.5, 0.6) is 0 Å². The molecule has 386 valence electrons. The minimum Gasteiger partial charge on any atom is -0.274 e. The Morgan fingerprint density at radius 2 is 0.606 bits per heavy atom. The SMILES string of the molecule is CCCCCCCCC(CCCCCCCC)N1C(=O)c2ccc3c4ccc5c6c(ccc(c7ccc(c2c37)C1=O)c64)C(=O)N(CC(C(CCCCC)CCCCC)C(CCCCC)CCCCC)C5=O. The van der Waals surface area contributed by atoms with Crippen LogP contribution in [-0.4, -0.2) is 46.0 Å². The number of nitrogens with zero attached hydrogens (tertiary/aromatic N) is 2. The second-order valence-corrected chi connectivity index (χ2v) is 22.3. The first kappa shape index (κ1) is 54.5. The zero-order valence-electron chi connectivity index (χ0n) is 45.4. The number of fused-ring (bicyclic) bond motifs is 2. The van der Waals surface area contributed by atoms with Crippen LogP contribution >= 0.6 is 0 Å². The van der Waals surface area contributed by atoms with Gasteiger partial charge < -0.3 is 0 Å². The van der Waals surface area contributed by atoms with Crippen LogP contribution in [0.4, 0.5) is 0 Å². The van der Waals surface area contributed by atoms with E-state index in [-0.39, 0.29) is 35.6 Å². The first-order chi connectivity index (χ1) is 34.8. The van der Waals surface area contributed by atoms with Crippen LogP contribution < -0.4 is 0 Å². The molecule has 2 aliphatic rings. The van der Waals surface area contributed by atoms with Crippen molar-refractivity contribution in [3.05, 3.63) is 70.8 Å². The van der Waals surface area contributed by atoms with Crippen molar-refractivity contribution in [3.63, 3.8) is 0 Å². The number of imide groups is 2. The number of unbranched alkanes of at least 4 members (excludes halogenated alkanes) is 18. The minimum atomic E-state index is -0.172. The summed E-state index contributed by atoms with van der Waals surface area (Å²) in [6, 6.07) is 16.0. The molecule has 71 heavy (non-hydrogen) atoms. The molecule has 0 saturated heterocycles.